The standard InChI is InChI=1S/C12H17NO3/c1-9-7-10(3-6-16-13)8-11-12(9)15-5-2-4-14-11/h7-8H,2-6,13H2,1H3. The first-order valence-corrected chi connectivity index (χ1v) is 5.52. The molecule has 88 valence electrons. The monoisotopic (exact) mass is 223 g/mol. The molecule has 16 heavy (non-hydrogen) atoms. The Kier molecular flexibility index (Phi) is 3.64. The van der Waals surface area contributed by atoms with Crippen LogP contribution in [0.4, 0.5) is 0 Å². The quantitative estimate of drug-likeness (QED) is 0.791. The number of nitrogens with two attached hydrogens (primary N) is 1. The summed E-state index contributed by atoms with van der Waals surface area (Å²) in [5.74, 6) is 6.73. The predicted octanol–water partition coefficient (Wildman–Crippen LogP) is 1.59. The molecule has 0 aromatic heterocycles. The fraction of sp³-hybridized carbons (Fsp3) is 0.500. The van der Waals surface area contributed by atoms with Crippen LogP contribution in [0.1, 0.15) is 17.5 Å². The van der Waals surface area contributed by atoms with Crippen molar-refractivity contribution in [2.24, 2.45) is 5.90 Å². The molecular formula is C12H17NO3. The van der Waals surface area contributed by atoms with Crippen molar-refractivity contribution in [3.63, 3.8) is 0 Å². The molecule has 4 heteroatoms. The van der Waals surface area contributed by atoms with E-state index in [1.807, 2.05) is 13.0 Å². The van der Waals surface area contributed by atoms with E-state index in [1.54, 1.807) is 0 Å². The van der Waals surface area contributed by atoms with Gasteiger partial charge in [-0.2, -0.15) is 0 Å². The summed E-state index contributed by atoms with van der Waals surface area (Å²) >= 11 is 0. The Hall–Kier alpha value is -1.26. The average molecular weight is 223 g/mol. The minimum atomic E-state index is 0.513. The molecule has 0 spiro atoms. The second-order valence-corrected chi connectivity index (χ2v) is 3.91. The first-order valence-electron chi connectivity index (χ1n) is 5.52. The van der Waals surface area contributed by atoms with Crippen molar-refractivity contribution in [3.05, 3.63) is 23.3 Å². The average Bonchev–Trinajstić information content (AvgIpc) is 2.51. The lowest BCUT2D eigenvalue weighted by Crippen LogP contribution is -2.04. The van der Waals surface area contributed by atoms with Crippen LogP contribution in [0.3, 0.4) is 0 Å². The van der Waals surface area contributed by atoms with Gasteiger partial charge in [-0.15, -0.1) is 0 Å². The third-order valence-electron chi connectivity index (χ3n) is 2.60. The number of fused-ring (bicyclic) bond motifs is 1. The van der Waals surface area contributed by atoms with Crippen molar-refractivity contribution >= 4 is 0 Å². The van der Waals surface area contributed by atoms with Crippen LogP contribution in [0.25, 0.3) is 0 Å². The highest BCUT2D eigenvalue weighted by molar-refractivity contribution is 5.49. The zero-order valence-electron chi connectivity index (χ0n) is 9.49. The van der Waals surface area contributed by atoms with Gasteiger partial charge in [0.05, 0.1) is 19.8 Å². The molecule has 1 aliphatic rings. The number of hydrogen-bond acceptors (Lipinski definition) is 4. The summed E-state index contributed by atoms with van der Waals surface area (Å²) in [6, 6.07) is 4.10. The molecule has 4 nitrogen and oxygen atoms in total. The number of aryl methyl sites for hydroxylation is 1. The molecule has 1 aromatic carbocycles. The molecule has 2 N–H and O–H groups in total. The zero-order chi connectivity index (χ0) is 11.4. The summed E-state index contributed by atoms with van der Waals surface area (Å²) in [6.45, 7) is 3.97. The summed E-state index contributed by atoms with van der Waals surface area (Å²) in [4.78, 5) is 4.58. The van der Waals surface area contributed by atoms with E-state index in [0.29, 0.717) is 13.2 Å². The summed E-state index contributed by atoms with van der Waals surface area (Å²) < 4.78 is 11.3. The highest BCUT2D eigenvalue weighted by atomic mass is 16.6. The molecule has 1 heterocycles. The van der Waals surface area contributed by atoms with Crippen LogP contribution in [-0.4, -0.2) is 19.8 Å². The molecule has 0 saturated heterocycles. The normalized spacial score (nSPS) is 14.6. The van der Waals surface area contributed by atoms with Crippen LogP contribution in [0.15, 0.2) is 12.1 Å². The lowest BCUT2D eigenvalue weighted by Gasteiger charge is -2.12. The molecule has 0 aliphatic carbocycles. The van der Waals surface area contributed by atoms with E-state index in [1.165, 1.54) is 0 Å². The summed E-state index contributed by atoms with van der Waals surface area (Å²) in [6.07, 6.45) is 1.71. The molecule has 0 saturated carbocycles. The molecule has 1 aliphatic heterocycles. The highest BCUT2D eigenvalue weighted by Gasteiger charge is 2.13. The smallest absolute Gasteiger partial charge is 0.164 e. The molecular weight excluding hydrogens is 206 g/mol. The van der Waals surface area contributed by atoms with Crippen LogP contribution in [0.5, 0.6) is 11.5 Å². The molecule has 0 amide bonds. The molecule has 2 rings (SSSR count). The Labute approximate surface area is 95.2 Å². The van der Waals surface area contributed by atoms with Gasteiger partial charge in [0.15, 0.2) is 11.5 Å². The lowest BCUT2D eigenvalue weighted by molar-refractivity contribution is 0.141. The Balaban J connectivity index is 2.24. The van der Waals surface area contributed by atoms with E-state index < -0.39 is 0 Å². The fourth-order valence-electron chi connectivity index (χ4n) is 1.84. The van der Waals surface area contributed by atoms with Crippen LogP contribution in [-0.2, 0) is 11.3 Å². The summed E-state index contributed by atoms with van der Waals surface area (Å²) in [5, 5.41) is 0. The molecule has 1 aromatic rings. The molecule has 0 bridgehead atoms. The maximum absolute atomic E-state index is 5.66. The van der Waals surface area contributed by atoms with E-state index in [0.717, 1.165) is 42.1 Å². The summed E-state index contributed by atoms with van der Waals surface area (Å²) in [5.41, 5.74) is 2.26. The van der Waals surface area contributed by atoms with E-state index >= 15 is 0 Å². The minimum Gasteiger partial charge on any atom is -0.490 e. The molecule has 0 atom stereocenters. The van der Waals surface area contributed by atoms with E-state index in [-0.39, 0.29) is 0 Å². The molecule has 0 fully saturated rings. The highest BCUT2D eigenvalue weighted by Crippen LogP contribution is 2.34. The number of ether oxygens (including phenoxy) is 2. The van der Waals surface area contributed by atoms with Crippen molar-refractivity contribution < 1.29 is 14.3 Å². The van der Waals surface area contributed by atoms with Crippen molar-refractivity contribution in [1.29, 1.82) is 0 Å². The maximum atomic E-state index is 5.66. The van der Waals surface area contributed by atoms with Gasteiger partial charge in [0, 0.05) is 6.42 Å². The number of benzene rings is 1. The summed E-state index contributed by atoms with van der Waals surface area (Å²) in [7, 11) is 0. The third kappa shape index (κ3) is 2.46. The Morgan fingerprint density at radius 3 is 2.94 bits per heavy atom. The van der Waals surface area contributed by atoms with Crippen molar-refractivity contribution in [2.45, 2.75) is 19.8 Å². The van der Waals surface area contributed by atoms with Gasteiger partial charge in [-0.25, -0.2) is 5.90 Å². The Bertz CT molecular complexity index is 366. The predicted molar refractivity (Wildman–Crippen MR) is 60.6 cm³/mol. The van der Waals surface area contributed by atoms with Gasteiger partial charge in [-0.3, -0.25) is 0 Å². The maximum Gasteiger partial charge on any atom is 0.164 e. The van der Waals surface area contributed by atoms with Crippen LogP contribution in [0, 0.1) is 6.92 Å². The second-order valence-electron chi connectivity index (χ2n) is 3.91. The van der Waals surface area contributed by atoms with E-state index in [2.05, 4.69) is 10.9 Å². The van der Waals surface area contributed by atoms with Gasteiger partial charge in [0.25, 0.3) is 0 Å². The zero-order valence-corrected chi connectivity index (χ0v) is 9.49. The first kappa shape index (κ1) is 11.2. The van der Waals surface area contributed by atoms with Crippen molar-refractivity contribution in [3.8, 4) is 11.5 Å². The SMILES string of the molecule is Cc1cc(CCON)cc2c1OCCCO2. The van der Waals surface area contributed by atoms with Crippen LogP contribution < -0.4 is 15.4 Å². The largest absolute Gasteiger partial charge is 0.490 e. The lowest BCUT2D eigenvalue weighted by atomic mass is 10.1. The van der Waals surface area contributed by atoms with E-state index in [4.69, 9.17) is 15.4 Å². The molecule has 0 radical (unpaired) electrons. The number of rotatable bonds is 3. The number of hydrogen-bond donors (Lipinski definition) is 1. The Morgan fingerprint density at radius 2 is 2.12 bits per heavy atom. The third-order valence-corrected chi connectivity index (χ3v) is 2.60. The molecule has 0 unspecified atom stereocenters. The minimum absolute atomic E-state index is 0.513. The topological polar surface area (TPSA) is 53.7 Å². The van der Waals surface area contributed by atoms with Gasteiger partial charge >= 0.3 is 0 Å². The van der Waals surface area contributed by atoms with Gasteiger partial charge < -0.3 is 14.3 Å². The van der Waals surface area contributed by atoms with Gasteiger partial charge in [0.2, 0.25) is 0 Å². The van der Waals surface area contributed by atoms with Crippen molar-refractivity contribution in [2.75, 3.05) is 19.8 Å². The Morgan fingerprint density at radius 1 is 1.31 bits per heavy atom. The first-order chi connectivity index (χ1) is 7.81. The second kappa shape index (κ2) is 5.18. The van der Waals surface area contributed by atoms with Crippen LogP contribution in [0.2, 0.25) is 0 Å². The fourth-order valence-corrected chi connectivity index (χ4v) is 1.84. The van der Waals surface area contributed by atoms with Gasteiger partial charge in [-0.05, 0) is 30.5 Å². The van der Waals surface area contributed by atoms with Gasteiger partial charge in [-0.1, -0.05) is 6.07 Å². The van der Waals surface area contributed by atoms with Crippen LogP contribution >= 0.6 is 0 Å². The van der Waals surface area contributed by atoms with Crippen molar-refractivity contribution in [1.82, 2.24) is 0 Å². The van der Waals surface area contributed by atoms with Gasteiger partial charge in [0.1, 0.15) is 0 Å². The van der Waals surface area contributed by atoms with E-state index in [9.17, 15) is 0 Å².